The molecule has 158 valence electrons. The fraction of sp³-hybridized carbons (Fsp3) is 0.350. The van der Waals surface area contributed by atoms with Gasteiger partial charge in [-0.1, -0.05) is 11.3 Å². The first kappa shape index (κ1) is 21.4. The largest absolute Gasteiger partial charge is 0.465 e. The van der Waals surface area contributed by atoms with E-state index in [-0.39, 0.29) is 19.8 Å². The van der Waals surface area contributed by atoms with Crippen molar-refractivity contribution < 1.29 is 23.9 Å². The molecule has 0 saturated heterocycles. The number of esters is 2. The van der Waals surface area contributed by atoms with Crippen molar-refractivity contribution in [1.82, 2.24) is 14.3 Å². The lowest BCUT2D eigenvalue weighted by molar-refractivity contribution is -0.143. The van der Waals surface area contributed by atoms with Gasteiger partial charge in [-0.05, 0) is 39.0 Å². The molecule has 0 N–H and O–H groups in total. The van der Waals surface area contributed by atoms with Crippen LogP contribution in [0, 0.1) is 6.92 Å². The first-order chi connectivity index (χ1) is 14.3. The monoisotopic (exact) mass is 430 g/mol. The topological polar surface area (TPSA) is 105 Å². The third-order valence-corrected chi connectivity index (χ3v) is 5.35. The number of rotatable bonds is 6. The van der Waals surface area contributed by atoms with Gasteiger partial charge in [-0.2, -0.15) is 10.1 Å². The van der Waals surface area contributed by atoms with Crippen LogP contribution in [-0.4, -0.2) is 45.4 Å². The Bertz CT molecular complexity index is 1170. The fourth-order valence-corrected chi connectivity index (χ4v) is 4.05. The van der Waals surface area contributed by atoms with E-state index in [1.54, 1.807) is 56.8 Å². The Labute approximate surface area is 176 Å². The van der Waals surface area contributed by atoms with Crippen LogP contribution in [0.15, 0.2) is 29.4 Å². The maximum Gasteiger partial charge on any atom is 0.338 e. The van der Waals surface area contributed by atoms with Crippen molar-refractivity contribution in [2.75, 3.05) is 13.2 Å². The van der Waals surface area contributed by atoms with Gasteiger partial charge in [-0.15, -0.1) is 0 Å². The molecular formula is C20H22N4O5S. The lowest BCUT2D eigenvalue weighted by Crippen LogP contribution is -2.23. The average Bonchev–Trinajstić information content (AvgIpc) is 3.21. The van der Waals surface area contributed by atoms with E-state index in [9.17, 15) is 14.4 Å². The van der Waals surface area contributed by atoms with E-state index in [0.29, 0.717) is 31.8 Å². The Hall–Kier alpha value is -3.27. The van der Waals surface area contributed by atoms with E-state index < -0.39 is 17.8 Å². The zero-order valence-corrected chi connectivity index (χ0v) is 18.0. The Morgan fingerprint density at radius 3 is 2.53 bits per heavy atom. The van der Waals surface area contributed by atoms with E-state index in [4.69, 9.17) is 9.47 Å². The van der Waals surface area contributed by atoms with Crippen LogP contribution in [-0.2, 0) is 27.9 Å². The highest BCUT2D eigenvalue weighted by molar-refractivity contribution is 7.16. The van der Waals surface area contributed by atoms with Crippen LogP contribution < -0.4 is 4.80 Å². The van der Waals surface area contributed by atoms with Gasteiger partial charge in [0.1, 0.15) is 12.2 Å². The number of hydrogen-bond acceptors (Lipinski definition) is 7. The predicted octanol–water partition coefficient (Wildman–Crippen LogP) is 2.23. The first-order valence-corrected chi connectivity index (χ1v) is 10.2. The number of carbonyl (C=O) groups is 3. The van der Waals surface area contributed by atoms with Crippen LogP contribution in [0.4, 0.5) is 0 Å². The molecule has 0 saturated carbocycles. The number of aromatic nitrogens is 3. The molecule has 3 aromatic rings. The summed E-state index contributed by atoms with van der Waals surface area (Å²) in [6.45, 7) is 5.64. The third-order valence-electron chi connectivity index (χ3n) is 4.31. The standard InChI is InChI=1S/C20H22N4O5S/c1-5-28-16(25)11-24-14-8-7-13(19(27)29-6-2)9-15(14)30-20(24)22-18(26)17-12(3)10-21-23(17)4/h7-10H,5-6,11H2,1-4H3. The minimum Gasteiger partial charge on any atom is -0.465 e. The minimum absolute atomic E-state index is 0.108. The second kappa shape index (κ2) is 9.04. The number of fused-ring (bicyclic) bond motifs is 1. The molecule has 0 fully saturated rings. The van der Waals surface area contributed by atoms with E-state index >= 15 is 0 Å². The molecule has 2 aromatic heterocycles. The zero-order valence-electron chi connectivity index (χ0n) is 17.2. The van der Waals surface area contributed by atoms with Crippen molar-refractivity contribution in [2.45, 2.75) is 27.3 Å². The number of thiazole rings is 1. The number of ether oxygens (including phenoxy) is 2. The molecule has 0 bridgehead atoms. The highest BCUT2D eigenvalue weighted by Crippen LogP contribution is 2.20. The fourth-order valence-electron chi connectivity index (χ4n) is 2.98. The molecular weight excluding hydrogens is 408 g/mol. The van der Waals surface area contributed by atoms with Crippen molar-refractivity contribution >= 4 is 39.4 Å². The van der Waals surface area contributed by atoms with Crippen LogP contribution in [0.1, 0.15) is 40.3 Å². The second-order valence-electron chi connectivity index (χ2n) is 6.40. The lowest BCUT2D eigenvalue weighted by atomic mass is 10.2. The summed E-state index contributed by atoms with van der Waals surface area (Å²) in [5, 5.41) is 4.07. The highest BCUT2D eigenvalue weighted by atomic mass is 32.1. The Morgan fingerprint density at radius 1 is 1.17 bits per heavy atom. The molecule has 3 rings (SSSR count). The quantitative estimate of drug-likeness (QED) is 0.556. The summed E-state index contributed by atoms with van der Waals surface area (Å²) >= 11 is 1.20. The third kappa shape index (κ3) is 4.33. The van der Waals surface area contributed by atoms with Gasteiger partial charge in [0.15, 0.2) is 4.80 Å². The Balaban J connectivity index is 2.14. The molecule has 0 atom stereocenters. The average molecular weight is 430 g/mol. The summed E-state index contributed by atoms with van der Waals surface area (Å²) in [6.07, 6.45) is 1.59. The van der Waals surface area contributed by atoms with Gasteiger partial charge in [-0.3, -0.25) is 14.3 Å². The number of nitrogens with zero attached hydrogens (tertiary/aromatic N) is 4. The minimum atomic E-state index is -0.470. The first-order valence-electron chi connectivity index (χ1n) is 9.39. The summed E-state index contributed by atoms with van der Waals surface area (Å²) in [5.74, 6) is -1.36. The number of aryl methyl sites for hydroxylation is 2. The molecule has 0 aliphatic carbocycles. The molecule has 9 nitrogen and oxygen atoms in total. The molecule has 0 radical (unpaired) electrons. The lowest BCUT2D eigenvalue weighted by Gasteiger charge is -2.06. The Kier molecular flexibility index (Phi) is 6.46. The SMILES string of the molecule is CCOC(=O)Cn1c(=NC(=O)c2c(C)cnn2C)sc2cc(C(=O)OCC)ccc21. The zero-order chi connectivity index (χ0) is 21.8. The van der Waals surface area contributed by atoms with Crippen LogP contribution in [0.3, 0.4) is 0 Å². The molecule has 1 amide bonds. The molecule has 10 heteroatoms. The van der Waals surface area contributed by atoms with Crippen molar-refractivity contribution in [3.63, 3.8) is 0 Å². The molecule has 0 aliphatic rings. The summed E-state index contributed by atoms with van der Waals surface area (Å²) in [4.78, 5) is 41.6. The molecule has 30 heavy (non-hydrogen) atoms. The van der Waals surface area contributed by atoms with E-state index in [2.05, 4.69) is 10.1 Å². The van der Waals surface area contributed by atoms with Crippen molar-refractivity contribution in [3.05, 3.63) is 46.0 Å². The van der Waals surface area contributed by atoms with Gasteiger partial charge in [-0.25, -0.2) is 4.79 Å². The number of benzene rings is 1. The summed E-state index contributed by atoms with van der Waals surface area (Å²) in [5.41, 5.74) is 2.11. The predicted molar refractivity (Wildman–Crippen MR) is 110 cm³/mol. The van der Waals surface area contributed by atoms with Crippen molar-refractivity contribution in [1.29, 1.82) is 0 Å². The van der Waals surface area contributed by atoms with E-state index in [1.165, 1.54) is 16.0 Å². The maximum atomic E-state index is 12.8. The summed E-state index contributed by atoms with van der Waals surface area (Å²) < 4.78 is 13.9. The number of carbonyl (C=O) groups excluding carboxylic acids is 3. The van der Waals surface area contributed by atoms with Crippen LogP contribution in [0.25, 0.3) is 10.2 Å². The highest BCUT2D eigenvalue weighted by Gasteiger charge is 2.17. The smallest absolute Gasteiger partial charge is 0.338 e. The maximum absolute atomic E-state index is 12.8. The molecule has 2 heterocycles. The van der Waals surface area contributed by atoms with Crippen molar-refractivity contribution in [3.8, 4) is 0 Å². The number of amides is 1. The van der Waals surface area contributed by atoms with Gasteiger partial charge in [0.25, 0.3) is 5.91 Å². The molecule has 1 aromatic carbocycles. The Morgan fingerprint density at radius 2 is 1.90 bits per heavy atom. The van der Waals surface area contributed by atoms with Gasteiger partial charge in [0.2, 0.25) is 0 Å². The second-order valence-corrected chi connectivity index (χ2v) is 7.40. The number of hydrogen-bond donors (Lipinski definition) is 0. The summed E-state index contributed by atoms with van der Waals surface area (Å²) in [6, 6.07) is 4.99. The van der Waals surface area contributed by atoms with Crippen molar-refractivity contribution in [2.24, 2.45) is 12.0 Å². The molecule has 0 unspecified atom stereocenters. The van der Waals surface area contributed by atoms with Gasteiger partial charge in [0.05, 0.1) is 35.2 Å². The summed E-state index contributed by atoms with van der Waals surface area (Å²) in [7, 11) is 1.67. The van der Waals surface area contributed by atoms with E-state index in [0.717, 1.165) is 0 Å². The van der Waals surface area contributed by atoms with E-state index in [1.807, 2.05) is 0 Å². The molecule has 0 spiro atoms. The van der Waals surface area contributed by atoms with Gasteiger partial charge >= 0.3 is 11.9 Å². The van der Waals surface area contributed by atoms with Crippen LogP contribution in [0.2, 0.25) is 0 Å². The molecule has 0 aliphatic heterocycles. The van der Waals surface area contributed by atoms with Crippen LogP contribution in [0.5, 0.6) is 0 Å². The van der Waals surface area contributed by atoms with Gasteiger partial charge < -0.3 is 14.0 Å². The van der Waals surface area contributed by atoms with Crippen LogP contribution >= 0.6 is 11.3 Å². The van der Waals surface area contributed by atoms with Gasteiger partial charge in [0, 0.05) is 12.6 Å². The normalized spacial score (nSPS) is 11.7.